The molecule has 2 aromatic rings. The van der Waals surface area contributed by atoms with Crippen LogP contribution in [0.1, 0.15) is 20.8 Å². The van der Waals surface area contributed by atoms with Crippen molar-refractivity contribution in [2.45, 2.75) is 6.92 Å². The number of anilines is 1. The number of carbonyl (C=O) groups excluding carboxylic acids is 1. The lowest BCUT2D eigenvalue weighted by Crippen LogP contribution is -2.05. The van der Waals surface area contributed by atoms with Crippen LogP contribution in [0.5, 0.6) is 0 Å². The van der Waals surface area contributed by atoms with Gasteiger partial charge in [-0.15, -0.1) is 11.3 Å². The van der Waals surface area contributed by atoms with Crippen molar-refractivity contribution in [2.24, 2.45) is 0 Å². The van der Waals surface area contributed by atoms with Gasteiger partial charge in [-0.3, -0.25) is 4.79 Å². The molecule has 0 radical (unpaired) electrons. The van der Waals surface area contributed by atoms with Gasteiger partial charge in [0, 0.05) is 5.69 Å². The zero-order chi connectivity index (χ0) is 12.6. The highest BCUT2D eigenvalue weighted by Gasteiger charge is 2.17. The summed E-state index contributed by atoms with van der Waals surface area (Å²) in [5, 5.41) is 0. The molecule has 0 atom stereocenters. The summed E-state index contributed by atoms with van der Waals surface area (Å²) < 4.78 is 14.3. The average Bonchev–Trinajstić information content (AvgIpc) is 2.69. The maximum atomic E-state index is 13.8. The highest BCUT2D eigenvalue weighted by atomic mass is 35.5. The maximum absolute atomic E-state index is 13.8. The second-order valence-corrected chi connectivity index (χ2v) is 5.35. The number of halogens is 2. The lowest BCUT2D eigenvalue weighted by atomic mass is 10.0. The standard InChI is InChI=1S/C12H9ClFNOS/c1-6-4-7(15)5-8(11(6)14)12(16)9-2-3-10(13)17-9/h2-5H,15H2,1H3. The summed E-state index contributed by atoms with van der Waals surface area (Å²) in [4.78, 5) is 12.4. The summed E-state index contributed by atoms with van der Waals surface area (Å²) >= 11 is 6.86. The summed E-state index contributed by atoms with van der Waals surface area (Å²) in [5.74, 6) is -0.927. The van der Waals surface area contributed by atoms with Crippen LogP contribution in [-0.4, -0.2) is 5.78 Å². The fourth-order valence-electron chi connectivity index (χ4n) is 1.53. The molecule has 0 aliphatic carbocycles. The van der Waals surface area contributed by atoms with E-state index in [4.69, 9.17) is 17.3 Å². The van der Waals surface area contributed by atoms with Crippen LogP contribution in [0, 0.1) is 12.7 Å². The zero-order valence-corrected chi connectivity index (χ0v) is 10.5. The summed E-state index contributed by atoms with van der Waals surface area (Å²) in [6, 6.07) is 6.02. The molecule has 2 nitrogen and oxygen atoms in total. The predicted molar refractivity (Wildman–Crippen MR) is 68.3 cm³/mol. The van der Waals surface area contributed by atoms with Gasteiger partial charge in [0.25, 0.3) is 0 Å². The van der Waals surface area contributed by atoms with Crippen LogP contribution < -0.4 is 5.73 Å². The number of ketones is 1. The van der Waals surface area contributed by atoms with E-state index in [0.717, 1.165) is 11.3 Å². The van der Waals surface area contributed by atoms with Crippen molar-refractivity contribution in [1.82, 2.24) is 0 Å². The first-order valence-electron chi connectivity index (χ1n) is 4.84. The third kappa shape index (κ3) is 2.33. The summed E-state index contributed by atoms with van der Waals surface area (Å²) in [5.41, 5.74) is 6.32. The van der Waals surface area contributed by atoms with Gasteiger partial charge < -0.3 is 5.73 Å². The summed E-state index contributed by atoms with van der Waals surface area (Å²) in [6.45, 7) is 1.57. The number of aryl methyl sites for hydroxylation is 1. The lowest BCUT2D eigenvalue weighted by molar-refractivity contribution is 0.103. The van der Waals surface area contributed by atoms with Crippen molar-refractivity contribution in [1.29, 1.82) is 0 Å². The molecule has 0 aliphatic heterocycles. The third-order valence-electron chi connectivity index (χ3n) is 2.32. The number of carbonyl (C=O) groups is 1. The maximum Gasteiger partial charge on any atom is 0.206 e. The molecule has 0 saturated carbocycles. The first-order chi connectivity index (χ1) is 7.99. The van der Waals surface area contributed by atoms with Crippen molar-refractivity contribution in [3.8, 4) is 0 Å². The molecule has 1 aromatic heterocycles. The van der Waals surface area contributed by atoms with Crippen LogP contribution in [0.3, 0.4) is 0 Å². The number of thiophene rings is 1. The number of benzene rings is 1. The van der Waals surface area contributed by atoms with Crippen molar-refractivity contribution in [2.75, 3.05) is 5.73 Å². The quantitative estimate of drug-likeness (QED) is 0.668. The average molecular weight is 270 g/mol. The Morgan fingerprint density at radius 3 is 2.71 bits per heavy atom. The molecule has 0 aliphatic rings. The minimum atomic E-state index is -0.534. The number of hydrogen-bond donors (Lipinski definition) is 1. The molecule has 1 aromatic carbocycles. The molecule has 0 unspecified atom stereocenters. The van der Waals surface area contributed by atoms with E-state index in [9.17, 15) is 9.18 Å². The monoisotopic (exact) mass is 269 g/mol. The van der Waals surface area contributed by atoms with Gasteiger partial charge in [-0.25, -0.2) is 4.39 Å². The lowest BCUT2D eigenvalue weighted by Gasteiger charge is -2.05. The number of nitrogen functional groups attached to an aromatic ring is 1. The fourth-order valence-corrected chi connectivity index (χ4v) is 2.53. The Bertz CT molecular complexity index is 594. The highest BCUT2D eigenvalue weighted by Crippen LogP contribution is 2.26. The molecule has 0 fully saturated rings. The van der Waals surface area contributed by atoms with Gasteiger partial charge in [0.2, 0.25) is 5.78 Å². The molecule has 0 bridgehead atoms. The van der Waals surface area contributed by atoms with E-state index in [1.54, 1.807) is 19.1 Å². The van der Waals surface area contributed by atoms with E-state index in [1.807, 2.05) is 0 Å². The van der Waals surface area contributed by atoms with Crippen LogP contribution in [-0.2, 0) is 0 Å². The summed E-state index contributed by atoms with van der Waals surface area (Å²) in [7, 11) is 0. The Morgan fingerprint density at radius 2 is 2.12 bits per heavy atom. The van der Waals surface area contributed by atoms with Gasteiger partial charge in [-0.05, 0) is 36.8 Å². The van der Waals surface area contributed by atoms with Crippen LogP contribution in [0.2, 0.25) is 4.34 Å². The Balaban J connectivity index is 2.51. The minimum absolute atomic E-state index is 0.0129. The SMILES string of the molecule is Cc1cc(N)cc(C(=O)c2ccc(Cl)s2)c1F. The molecule has 88 valence electrons. The highest BCUT2D eigenvalue weighted by molar-refractivity contribution is 7.18. The predicted octanol–water partition coefficient (Wildman–Crippen LogP) is 3.66. The molecular formula is C12H9ClFNOS. The molecule has 0 saturated heterocycles. The molecular weight excluding hydrogens is 261 g/mol. The van der Waals surface area contributed by atoms with Gasteiger partial charge in [0.1, 0.15) is 5.82 Å². The number of nitrogens with two attached hydrogens (primary N) is 1. The number of rotatable bonds is 2. The summed E-state index contributed by atoms with van der Waals surface area (Å²) in [6.07, 6.45) is 0. The largest absolute Gasteiger partial charge is 0.399 e. The molecule has 2 N–H and O–H groups in total. The van der Waals surface area contributed by atoms with Gasteiger partial charge >= 0.3 is 0 Å². The van der Waals surface area contributed by atoms with E-state index in [2.05, 4.69) is 0 Å². The van der Waals surface area contributed by atoms with E-state index >= 15 is 0 Å². The molecule has 1 heterocycles. The van der Waals surface area contributed by atoms with Gasteiger partial charge in [0.15, 0.2) is 0 Å². The Labute approximate surface area is 107 Å². The zero-order valence-electron chi connectivity index (χ0n) is 8.96. The third-order valence-corrected chi connectivity index (χ3v) is 3.55. The van der Waals surface area contributed by atoms with Crippen molar-refractivity contribution in [3.63, 3.8) is 0 Å². The first kappa shape index (κ1) is 12.1. The van der Waals surface area contributed by atoms with Crippen molar-refractivity contribution in [3.05, 3.63) is 50.4 Å². The van der Waals surface area contributed by atoms with Crippen molar-refractivity contribution >= 4 is 34.4 Å². The first-order valence-corrected chi connectivity index (χ1v) is 6.04. The van der Waals surface area contributed by atoms with Gasteiger partial charge in [-0.1, -0.05) is 11.6 Å². The van der Waals surface area contributed by atoms with E-state index in [0.29, 0.717) is 20.5 Å². The van der Waals surface area contributed by atoms with E-state index in [1.165, 1.54) is 12.1 Å². The smallest absolute Gasteiger partial charge is 0.206 e. The molecule has 2 rings (SSSR count). The molecule has 0 spiro atoms. The topological polar surface area (TPSA) is 43.1 Å². The van der Waals surface area contributed by atoms with Gasteiger partial charge in [0.05, 0.1) is 14.8 Å². The Morgan fingerprint density at radius 1 is 1.41 bits per heavy atom. The van der Waals surface area contributed by atoms with Crippen LogP contribution in [0.25, 0.3) is 0 Å². The molecule has 0 amide bonds. The normalized spacial score (nSPS) is 10.5. The van der Waals surface area contributed by atoms with Crippen LogP contribution in [0.4, 0.5) is 10.1 Å². The van der Waals surface area contributed by atoms with E-state index < -0.39 is 11.6 Å². The Kier molecular flexibility index (Phi) is 3.17. The van der Waals surface area contributed by atoms with Crippen LogP contribution >= 0.6 is 22.9 Å². The van der Waals surface area contributed by atoms with Gasteiger partial charge in [-0.2, -0.15) is 0 Å². The molecule has 5 heteroatoms. The van der Waals surface area contributed by atoms with E-state index in [-0.39, 0.29) is 5.56 Å². The second-order valence-electron chi connectivity index (χ2n) is 3.63. The van der Waals surface area contributed by atoms with Crippen LogP contribution in [0.15, 0.2) is 24.3 Å². The minimum Gasteiger partial charge on any atom is -0.399 e. The molecule has 17 heavy (non-hydrogen) atoms. The second kappa shape index (κ2) is 4.47. The Hall–Kier alpha value is -1.39. The number of hydrogen-bond acceptors (Lipinski definition) is 3. The van der Waals surface area contributed by atoms with Crippen molar-refractivity contribution < 1.29 is 9.18 Å². The fraction of sp³-hybridized carbons (Fsp3) is 0.0833.